The third-order valence-electron chi connectivity index (χ3n) is 1.58. The molecule has 0 saturated heterocycles. The highest BCUT2D eigenvalue weighted by Crippen LogP contribution is 2.20. The molecule has 0 saturated carbocycles. The maximum Gasteiger partial charge on any atom is 0.345 e. The van der Waals surface area contributed by atoms with Gasteiger partial charge in [0.15, 0.2) is 0 Å². The first-order chi connectivity index (χ1) is 7.47. The molecule has 0 amide bonds. The third kappa shape index (κ3) is 3.06. The first-order valence-corrected chi connectivity index (χ1v) is 6.50. The number of sulfonamides is 1. The Kier molecular flexibility index (Phi) is 4.06. The lowest BCUT2D eigenvalue weighted by Gasteiger charge is -1.99. The van der Waals surface area contributed by atoms with E-state index in [0.717, 1.165) is 0 Å². The van der Waals surface area contributed by atoms with Crippen LogP contribution in [-0.2, 0) is 10.0 Å². The summed E-state index contributed by atoms with van der Waals surface area (Å²) in [5.74, 6) is 3.96. The van der Waals surface area contributed by atoms with Crippen molar-refractivity contribution in [2.24, 2.45) is 0 Å². The Balaban J connectivity index is 2.88. The first-order valence-electron chi connectivity index (χ1n) is 4.20. The molecule has 0 spiro atoms. The summed E-state index contributed by atoms with van der Waals surface area (Å²) in [6, 6.07) is 2.52. The molecule has 7 heteroatoms. The highest BCUT2D eigenvalue weighted by Gasteiger charge is 2.17. The van der Waals surface area contributed by atoms with E-state index in [4.69, 9.17) is 5.11 Å². The third-order valence-corrected chi connectivity index (χ3v) is 4.55. The molecule has 1 aromatic heterocycles. The fourth-order valence-corrected chi connectivity index (χ4v) is 2.98. The van der Waals surface area contributed by atoms with Crippen LogP contribution in [0.1, 0.15) is 16.6 Å². The first kappa shape index (κ1) is 12.7. The van der Waals surface area contributed by atoms with Gasteiger partial charge in [0.05, 0.1) is 6.54 Å². The van der Waals surface area contributed by atoms with Gasteiger partial charge in [-0.1, -0.05) is 5.92 Å². The van der Waals surface area contributed by atoms with E-state index in [2.05, 4.69) is 16.6 Å². The summed E-state index contributed by atoms with van der Waals surface area (Å²) in [5, 5.41) is 8.65. The second kappa shape index (κ2) is 5.12. The zero-order chi connectivity index (χ0) is 12.2. The van der Waals surface area contributed by atoms with Crippen LogP contribution in [0.2, 0.25) is 0 Å². The Morgan fingerprint density at radius 1 is 1.56 bits per heavy atom. The average molecular weight is 259 g/mol. The molecule has 16 heavy (non-hydrogen) atoms. The second-order valence-corrected chi connectivity index (χ2v) is 5.75. The number of nitrogens with one attached hydrogen (secondary N) is 1. The zero-order valence-electron chi connectivity index (χ0n) is 8.35. The van der Waals surface area contributed by atoms with E-state index in [1.165, 1.54) is 12.1 Å². The van der Waals surface area contributed by atoms with Gasteiger partial charge in [0.1, 0.15) is 9.09 Å². The Hall–Kier alpha value is -1.36. The fraction of sp³-hybridized carbons (Fsp3) is 0.222. The molecule has 0 fully saturated rings. The number of aromatic carboxylic acids is 1. The second-order valence-electron chi connectivity index (χ2n) is 2.68. The van der Waals surface area contributed by atoms with Crippen LogP contribution in [-0.4, -0.2) is 26.0 Å². The molecular formula is C9H9NO4S2. The quantitative estimate of drug-likeness (QED) is 0.781. The van der Waals surface area contributed by atoms with Crippen LogP contribution in [0.5, 0.6) is 0 Å². The number of carbonyl (C=O) groups is 1. The van der Waals surface area contributed by atoms with Crippen molar-refractivity contribution in [3.8, 4) is 11.8 Å². The molecule has 0 atom stereocenters. The van der Waals surface area contributed by atoms with Crippen LogP contribution >= 0.6 is 11.3 Å². The molecule has 2 N–H and O–H groups in total. The lowest BCUT2D eigenvalue weighted by Crippen LogP contribution is -2.23. The minimum atomic E-state index is -3.64. The minimum Gasteiger partial charge on any atom is -0.477 e. The predicted molar refractivity (Wildman–Crippen MR) is 59.9 cm³/mol. The van der Waals surface area contributed by atoms with E-state index < -0.39 is 16.0 Å². The average Bonchev–Trinajstić information content (AvgIpc) is 2.67. The SMILES string of the molecule is CC#CCNS(=O)(=O)c1ccc(C(=O)O)s1. The van der Waals surface area contributed by atoms with Crippen LogP contribution in [0.4, 0.5) is 0 Å². The summed E-state index contributed by atoms with van der Waals surface area (Å²) >= 11 is 0.708. The number of carboxylic acid groups (broad SMARTS) is 1. The van der Waals surface area contributed by atoms with Gasteiger partial charge >= 0.3 is 5.97 Å². The van der Waals surface area contributed by atoms with Gasteiger partial charge in [-0.25, -0.2) is 13.2 Å². The zero-order valence-corrected chi connectivity index (χ0v) is 9.98. The summed E-state index contributed by atoms with van der Waals surface area (Å²) in [4.78, 5) is 10.6. The molecule has 0 bridgehead atoms. The largest absolute Gasteiger partial charge is 0.477 e. The van der Waals surface area contributed by atoms with Crippen molar-refractivity contribution in [2.45, 2.75) is 11.1 Å². The summed E-state index contributed by atoms with van der Waals surface area (Å²) in [6.45, 7) is 1.61. The van der Waals surface area contributed by atoms with E-state index in [9.17, 15) is 13.2 Å². The summed E-state index contributed by atoms with van der Waals surface area (Å²) in [6.07, 6.45) is 0. The Bertz CT molecular complexity index is 548. The van der Waals surface area contributed by atoms with Crippen molar-refractivity contribution in [1.29, 1.82) is 0 Å². The summed E-state index contributed by atoms with van der Waals surface area (Å²) in [7, 11) is -3.64. The smallest absolute Gasteiger partial charge is 0.345 e. The normalized spacial score (nSPS) is 10.6. The molecule has 0 aliphatic heterocycles. The van der Waals surface area contributed by atoms with Crippen molar-refractivity contribution in [2.75, 3.05) is 6.54 Å². The van der Waals surface area contributed by atoms with E-state index >= 15 is 0 Å². The number of carboxylic acids is 1. The van der Waals surface area contributed by atoms with E-state index in [1.807, 2.05) is 0 Å². The van der Waals surface area contributed by atoms with E-state index in [0.29, 0.717) is 11.3 Å². The molecule has 0 aliphatic carbocycles. The highest BCUT2D eigenvalue weighted by molar-refractivity contribution is 7.91. The molecule has 5 nitrogen and oxygen atoms in total. The van der Waals surface area contributed by atoms with Crippen LogP contribution < -0.4 is 4.72 Å². The van der Waals surface area contributed by atoms with Gasteiger partial charge in [0.2, 0.25) is 0 Å². The Morgan fingerprint density at radius 2 is 2.25 bits per heavy atom. The number of thiophene rings is 1. The van der Waals surface area contributed by atoms with Crippen molar-refractivity contribution in [3.05, 3.63) is 17.0 Å². The Labute approximate surface area is 97.2 Å². The summed E-state index contributed by atoms with van der Waals surface area (Å²) < 4.78 is 25.4. The minimum absolute atomic E-state index is 0.0121. The van der Waals surface area contributed by atoms with Crippen molar-refractivity contribution >= 4 is 27.3 Å². The van der Waals surface area contributed by atoms with Crippen LogP contribution in [0.15, 0.2) is 16.3 Å². The van der Waals surface area contributed by atoms with Gasteiger partial charge in [-0.05, 0) is 19.1 Å². The highest BCUT2D eigenvalue weighted by atomic mass is 32.2. The lowest BCUT2D eigenvalue weighted by atomic mass is 10.5. The molecule has 0 radical (unpaired) electrons. The number of hydrogen-bond acceptors (Lipinski definition) is 4. The van der Waals surface area contributed by atoms with Gasteiger partial charge in [-0.3, -0.25) is 0 Å². The standard InChI is InChI=1S/C9H9NO4S2/c1-2-3-6-10-16(13,14)8-5-4-7(15-8)9(11)12/h4-5,10H,6H2,1H3,(H,11,12). The van der Waals surface area contributed by atoms with Gasteiger partial charge in [0, 0.05) is 0 Å². The maximum absolute atomic E-state index is 11.6. The molecule has 1 rings (SSSR count). The van der Waals surface area contributed by atoms with Crippen molar-refractivity contribution in [1.82, 2.24) is 4.72 Å². The molecule has 1 aromatic rings. The molecule has 0 aliphatic rings. The Morgan fingerprint density at radius 3 is 2.75 bits per heavy atom. The van der Waals surface area contributed by atoms with Crippen LogP contribution in [0.25, 0.3) is 0 Å². The van der Waals surface area contributed by atoms with Gasteiger partial charge in [-0.15, -0.1) is 17.3 Å². The lowest BCUT2D eigenvalue weighted by molar-refractivity contribution is 0.0702. The van der Waals surface area contributed by atoms with Crippen LogP contribution in [0.3, 0.4) is 0 Å². The summed E-state index contributed by atoms with van der Waals surface area (Å²) in [5.41, 5.74) is 0. The topological polar surface area (TPSA) is 83.5 Å². The molecule has 1 heterocycles. The van der Waals surface area contributed by atoms with Gasteiger partial charge in [0.25, 0.3) is 10.0 Å². The molecule has 86 valence electrons. The van der Waals surface area contributed by atoms with Gasteiger partial charge < -0.3 is 5.11 Å². The van der Waals surface area contributed by atoms with Crippen molar-refractivity contribution < 1.29 is 18.3 Å². The number of rotatable bonds is 4. The predicted octanol–water partition coefficient (Wildman–Crippen LogP) is 0.748. The molecule has 0 unspecified atom stereocenters. The van der Waals surface area contributed by atoms with Gasteiger partial charge in [-0.2, -0.15) is 4.72 Å². The van der Waals surface area contributed by atoms with Crippen LogP contribution in [0, 0.1) is 11.8 Å². The molecule has 0 aromatic carbocycles. The number of hydrogen-bond donors (Lipinski definition) is 2. The van der Waals surface area contributed by atoms with E-state index in [-0.39, 0.29) is 15.6 Å². The van der Waals surface area contributed by atoms with Crippen molar-refractivity contribution in [3.63, 3.8) is 0 Å². The molecular weight excluding hydrogens is 250 g/mol. The fourth-order valence-electron chi connectivity index (χ4n) is 0.870. The monoisotopic (exact) mass is 259 g/mol. The maximum atomic E-state index is 11.6. The van der Waals surface area contributed by atoms with E-state index in [1.54, 1.807) is 6.92 Å².